The van der Waals surface area contributed by atoms with E-state index in [1.165, 1.54) is 0 Å². The van der Waals surface area contributed by atoms with Gasteiger partial charge in [-0.15, -0.1) is 0 Å². The molecular formula is C25H42O7. The van der Waals surface area contributed by atoms with Crippen molar-refractivity contribution in [1.29, 1.82) is 0 Å². The predicted molar refractivity (Wildman–Crippen MR) is 117 cm³/mol. The zero-order chi connectivity index (χ0) is 24.3. The third-order valence-corrected chi connectivity index (χ3v) is 10.1. The maximum Gasteiger partial charge on any atom is 0.311 e. The van der Waals surface area contributed by atoms with Crippen LogP contribution in [0.25, 0.3) is 0 Å². The Morgan fingerprint density at radius 2 is 1.53 bits per heavy atom. The van der Waals surface area contributed by atoms with Gasteiger partial charge in [-0.05, 0) is 72.6 Å². The van der Waals surface area contributed by atoms with E-state index in [9.17, 15) is 30.3 Å². The number of carbonyl (C=O) groups is 1. The van der Waals surface area contributed by atoms with Gasteiger partial charge in [-0.1, -0.05) is 13.8 Å². The Morgan fingerprint density at radius 3 is 2.09 bits per heavy atom. The number of carbonyl (C=O) groups excluding carboxylic acids is 1. The standard InChI is InChI=1S/C25H42O7/c1-20(2,3)19(28)32-18-13-8-9-14-23(7,30)15-10-16(26)21(4,5)25(15,31)17(27)11-24(14,18)12-22(13,6)29/h13-18,26-27,29-31H,8-12H2,1-7H3/t13?,14?,15?,16?,17?,18-,22-,23-,24+,25?/m1/s1. The van der Waals surface area contributed by atoms with Crippen molar-refractivity contribution in [1.82, 2.24) is 0 Å². The molecule has 0 saturated heterocycles. The molecule has 0 aromatic carbocycles. The monoisotopic (exact) mass is 454 g/mol. The van der Waals surface area contributed by atoms with Gasteiger partial charge in [-0.25, -0.2) is 0 Å². The lowest BCUT2D eigenvalue weighted by atomic mass is 9.57. The highest BCUT2D eigenvalue weighted by Crippen LogP contribution is 2.70. The van der Waals surface area contributed by atoms with Gasteiger partial charge in [-0.2, -0.15) is 0 Å². The van der Waals surface area contributed by atoms with Crippen LogP contribution in [-0.2, 0) is 9.53 Å². The number of ether oxygens (including phenoxy) is 1. The van der Waals surface area contributed by atoms with Gasteiger partial charge in [0.1, 0.15) is 11.7 Å². The number of fused-ring (bicyclic) bond motifs is 2. The van der Waals surface area contributed by atoms with Crippen molar-refractivity contribution in [2.45, 2.75) is 116 Å². The Bertz CT molecular complexity index is 797. The van der Waals surface area contributed by atoms with Crippen LogP contribution in [0.15, 0.2) is 0 Å². The summed E-state index contributed by atoms with van der Waals surface area (Å²) < 4.78 is 6.11. The van der Waals surface area contributed by atoms with Crippen LogP contribution in [0, 0.1) is 34.0 Å². The third kappa shape index (κ3) is 2.87. The molecule has 1 spiro atoms. The third-order valence-electron chi connectivity index (χ3n) is 10.1. The van der Waals surface area contributed by atoms with Crippen LogP contribution in [-0.4, -0.2) is 66.6 Å². The lowest BCUT2D eigenvalue weighted by molar-refractivity contribution is -0.203. The van der Waals surface area contributed by atoms with E-state index in [1.807, 2.05) is 0 Å². The highest BCUT2D eigenvalue weighted by molar-refractivity contribution is 5.75. The number of hydrogen-bond donors (Lipinski definition) is 5. The summed E-state index contributed by atoms with van der Waals surface area (Å²) in [4.78, 5) is 13.0. The van der Waals surface area contributed by atoms with E-state index < -0.39 is 63.2 Å². The zero-order valence-corrected chi connectivity index (χ0v) is 20.6. The van der Waals surface area contributed by atoms with E-state index in [-0.39, 0.29) is 31.1 Å². The molecule has 4 aliphatic rings. The molecule has 7 nitrogen and oxygen atoms in total. The van der Waals surface area contributed by atoms with Crippen LogP contribution in [0.5, 0.6) is 0 Å². The van der Waals surface area contributed by atoms with E-state index in [4.69, 9.17) is 4.74 Å². The molecule has 184 valence electrons. The zero-order valence-electron chi connectivity index (χ0n) is 20.6. The van der Waals surface area contributed by atoms with Crippen molar-refractivity contribution in [2.75, 3.05) is 0 Å². The lowest BCUT2D eigenvalue weighted by Gasteiger charge is -2.52. The highest BCUT2D eigenvalue weighted by Gasteiger charge is 2.77. The Hall–Kier alpha value is -0.730. The fourth-order valence-corrected chi connectivity index (χ4v) is 8.26. The minimum atomic E-state index is -1.72. The molecule has 7 heteroatoms. The molecule has 0 aromatic rings. The summed E-state index contributed by atoms with van der Waals surface area (Å²) >= 11 is 0. The first kappa shape index (κ1) is 24.4. The first-order valence-electron chi connectivity index (χ1n) is 12.1. The van der Waals surface area contributed by atoms with Crippen molar-refractivity contribution >= 4 is 5.97 Å². The number of hydrogen-bond acceptors (Lipinski definition) is 7. The second-order valence-corrected chi connectivity index (χ2v) is 13.4. The summed E-state index contributed by atoms with van der Waals surface area (Å²) in [6, 6.07) is 0. The molecule has 4 saturated carbocycles. The predicted octanol–water partition coefficient (Wildman–Crippen LogP) is 1.77. The topological polar surface area (TPSA) is 127 Å². The summed E-state index contributed by atoms with van der Waals surface area (Å²) in [5.74, 6) is -1.84. The van der Waals surface area contributed by atoms with Crippen molar-refractivity contribution in [3.8, 4) is 0 Å². The maximum atomic E-state index is 13.0. The first-order chi connectivity index (χ1) is 14.3. The SMILES string of the molecule is CC(C)(C)C(=O)O[C@@H]1C2CCC3[C@@](C)(O)C4CC(O)C(C)(C)C4(O)C(O)C[C@]31C[C@@]2(C)O. The average Bonchev–Trinajstić information content (AvgIpc) is 2.86. The Kier molecular flexibility index (Phi) is 5.10. The second kappa shape index (κ2) is 6.69. The molecule has 0 aliphatic heterocycles. The summed E-state index contributed by atoms with van der Waals surface area (Å²) in [5, 5.41) is 57.7. The van der Waals surface area contributed by atoms with Crippen LogP contribution >= 0.6 is 0 Å². The Morgan fingerprint density at radius 1 is 0.938 bits per heavy atom. The van der Waals surface area contributed by atoms with E-state index in [2.05, 4.69) is 0 Å². The van der Waals surface area contributed by atoms with Crippen LogP contribution in [0.1, 0.15) is 80.6 Å². The molecule has 0 amide bonds. The van der Waals surface area contributed by atoms with Gasteiger partial charge in [0.25, 0.3) is 0 Å². The van der Waals surface area contributed by atoms with Gasteiger partial charge in [-0.3, -0.25) is 4.79 Å². The normalized spacial score (nSPS) is 54.5. The molecule has 4 aliphatic carbocycles. The minimum absolute atomic E-state index is 0.0890. The van der Waals surface area contributed by atoms with E-state index in [0.29, 0.717) is 12.8 Å². The molecule has 10 atom stereocenters. The molecule has 5 N–H and O–H groups in total. The molecule has 0 aromatic heterocycles. The summed E-state index contributed by atoms with van der Waals surface area (Å²) in [6.07, 6.45) is -1.09. The van der Waals surface area contributed by atoms with Gasteiger partial charge in [0, 0.05) is 22.7 Å². The molecule has 4 fully saturated rings. The molecule has 0 heterocycles. The first-order valence-corrected chi connectivity index (χ1v) is 12.1. The van der Waals surface area contributed by atoms with Crippen LogP contribution in [0.4, 0.5) is 0 Å². The smallest absolute Gasteiger partial charge is 0.311 e. The fraction of sp³-hybridized carbons (Fsp3) is 0.960. The molecule has 6 unspecified atom stereocenters. The Labute approximate surface area is 191 Å². The molecule has 0 radical (unpaired) electrons. The Balaban J connectivity index is 1.87. The van der Waals surface area contributed by atoms with Crippen LogP contribution < -0.4 is 0 Å². The summed E-state index contributed by atoms with van der Waals surface area (Å²) in [6.45, 7) is 12.2. The van der Waals surface area contributed by atoms with Gasteiger partial charge in [0.05, 0.1) is 28.8 Å². The molecule has 2 bridgehead atoms. The van der Waals surface area contributed by atoms with Gasteiger partial charge in [0.2, 0.25) is 0 Å². The van der Waals surface area contributed by atoms with Crippen molar-refractivity contribution in [3.63, 3.8) is 0 Å². The van der Waals surface area contributed by atoms with Crippen LogP contribution in [0.3, 0.4) is 0 Å². The summed E-state index contributed by atoms with van der Waals surface area (Å²) in [7, 11) is 0. The van der Waals surface area contributed by atoms with Gasteiger partial charge >= 0.3 is 5.97 Å². The summed E-state index contributed by atoms with van der Waals surface area (Å²) in [5.41, 5.74) is -6.92. The van der Waals surface area contributed by atoms with Crippen molar-refractivity contribution in [3.05, 3.63) is 0 Å². The molecule has 4 rings (SSSR count). The van der Waals surface area contributed by atoms with Crippen LogP contribution in [0.2, 0.25) is 0 Å². The quantitative estimate of drug-likeness (QED) is 0.382. The highest BCUT2D eigenvalue weighted by atomic mass is 16.5. The van der Waals surface area contributed by atoms with Gasteiger partial charge in [0.15, 0.2) is 0 Å². The number of aliphatic hydroxyl groups excluding tert-OH is 2. The maximum absolute atomic E-state index is 13.0. The lowest BCUT2D eigenvalue weighted by Crippen LogP contribution is -2.60. The molecular weight excluding hydrogens is 412 g/mol. The van der Waals surface area contributed by atoms with E-state index in [0.717, 1.165) is 0 Å². The molecule has 32 heavy (non-hydrogen) atoms. The number of rotatable bonds is 1. The van der Waals surface area contributed by atoms with Crippen molar-refractivity contribution in [2.24, 2.45) is 34.0 Å². The van der Waals surface area contributed by atoms with Gasteiger partial charge < -0.3 is 30.3 Å². The second-order valence-electron chi connectivity index (χ2n) is 13.4. The minimum Gasteiger partial charge on any atom is -0.461 e. The van der Waals surface area contributed by atoms with E-state index >= 15 is 0 Å². The van der Waals surface area contributed by atoms with E-state index in [1.54, 1.807) is 48.5 Å². The number of esters is 1. The number of aliphatic hydroxyl groups is 5. The average molecular weight is 455 g/mol. The van der Waals surface area contributed by atoms with Crippen molar-refractivity contribution < 1.29 is 35.1 Å². The fourth-order valence-electron chi connectivity index (χ4n) is 8.26. The largest absolute Gasteiger partial charge is 0.461 e.